The van der Waals surface area contributed by atoms with E-state index in [4.69, 9.17) is 10.7 Å². The summed E-state index contributed by atoms with van der Waals surface area (Å²) in [4.78, 5) is 4.70. The zero-order valence-electron chi connectivity index (χ0n) is 11.8. The van der Waals surface area contributed by atoms with Crippen molar-refractivity contribution >= 4 is 11.3 Å². The second-order valence-corrected chi connectivity index (χ2v) is 6.95. The fourth-order valence-electron chi connectivity index (χ4n) is 1.82. The molecule has 0 saturated carbocycles. The molecule has 0 bridgehead atoms. The van der Waals surface area contributed by atoms with E-state index in [0.717, 1.165) is 6.42 Å². The molecule has 0 aromatic carbocycles. The Morgan fingerprint density at radius 3 is 2.53 bits per heavy atom. The molecule has 0 radical (unpaired) electrons. The van der Waals surface area contributed by atoms with Gasteiger partial charge in [-0.3, -0.25) is 0 Å². The quantitative estimate of drug-likeness (QED) is 0.869. The van der Waals surface area contributed by atoms with Crippen LogP contribution in [0.5, 0.6) is 0 Å². The minimum atomic E-state index is 0.147. The molecule has 0 saturated heterocycles. The van der Waals surface area contributed by atoms with Crippen LogP contribution in [-0.4, -0.2) is 11.0 Å². The number of nitrogens with two attached hydrogens (primary N) is 1. The van der Waals surface area contributed by atoms with Gasteiger partial charge in [-0.25, -0.2) is 4.98 Å². The number of nitrogens with zero attached hydrogens (tertiary/aromatic N) is 1. The fraction of sp³-hybridized carbons (Fsp3) is 0.786. The van der Waals surface area contributed by atoms with E-state index in [-0.39, 0.29) is 11.5 Å². The molecule has 0 aliphatic rings. The van der Waals surface area contributed by atoms with Crippen molar-refractivity contribution in [3.8, 4) is 0 Å². The summed E-state index contributed by atoms with van der Waals surface area (Å²) in [7, 11) is 0. The van der Waals surface area contributed by atoms with Crippen LogP contribution in [0.25, 0.3) is 0 Å². The predicted molar refractivity (Wildman–Crippen MR) is 76.6 cm³/mol. The molecule has 2 atom stereocenters. The van der Waals surface area contributed by atoms with E-state index >= 15 is 0 Å². The lowest BCUT2D eigenvalue weighted by Gasteiger charge is -2.18. The van der Waals surface area contributed by atoms with Crippen LogP contribution in [0.4, 0.5) is 0 Å². The van der Waals surface area contributed by atoms with Gasteiger partial charge in [0.2, 0.25) is 0 Å². The van der Waals surface area contributed by atoms with Crippen LogP contribution in [0.15, 0.2) is 5.38 Å². The van der Waals surface area contributed by atoms with Gasteiger partial charge in [0.05, 0.1) is 10.7 Å². The van der Waals surface area contributed by atoms with Crippen LogP contribution in [0.2, 0.25) is 0 Å². The van der Waals surface area contributed by atoms with E-state index in [1.165, 1.54) is 23.5 Å². The van der Waals surface area contributed by atoms with Crippen LogP contribution in [0.3, 0.4) is 0 Å². The summed E-state index contributed by atoms with van der Waals surface area (Å²) in [5, 5.41) is 3.36. The van der Waals surface area contributed by atoms with Gasteiger partial charge in [0.15, 0.2) is 0 Å². The standard InChI is InChI=1S/C14H26N2S/c1-6-7-10(2)11(15)8-13-16-12(9-17-13)14(3,4)5/h9-11H,6-8,15H2,1-5H3. The SMILES string of the molecule is CCCC(C)C(N)Cc1nc(C(C)(C)C)cs1. The highest BCUT2D eigenvalue weighted by Gasteiger charge is 2.19. The summed E-state index contributed by atoms with van der Waals surface area (Å²) in [5.74, 6) is 0.585. The van der Waals surface area contributed by atoms with E-state index in [2.05, 4.69) is 40.0 Å². The van der Waals surface area contributed by atoms with E-state index in [1.807, 2.05) is 0 Å². The van der Waals surface area contributed by atoms with Crippen LogP contribution in [0, 0.1) is 5.92 Å². The maximum absolute atomic E-state index is 6.22. The second kappa shape index (κ2) is 5.96. The molecule has 1 heterocycles. The number of hydrogen-bond donors (Lipinski definition) is 1. The zero-order chi connectivity index (χ0) is 13.1. The maximum atomic E-state index is 6.22. The Hall–Kier alpha value is -0.410. The molecule has 17 heavy (non-hydrogen) atoms. The summed E-state index contributed by atoms with van der Waals surface area (Å²) in [6.07, 6.45) is 3.33. The Bertz CT molecular complexity index is 338. The molecule has 1 aromatic heterocycles. The van der Waals surface area contributed by atoms with Gasteiger partial charge in [0.1, 0.15) is 0 Å². The van der Waals surface area contributed by atoms with Gasteiger partial charge >= 0.3 is 0 Å². The van der Waals surface area contributed by atoms with Crippen LogP contribution >= 0.6 is 11.3 Å². The van der Waals surface area contributed by atoms with E-state index in [0.29, 0.717) is 5.92 Å². The molecule has 98 valence electrons. The predicted octanol–water partition coefficient (Wildman–Crippen LogP) is 3.75. The van der Waals surface area contributed by atoms with Crippen molar-refractivity contribution in [2.45, 2.75) is 65.3 Å². The van der Waals surface area contributed by atoms with E-state index in [1.54, 1.807) is 11.3 Å². The summed E-state index contributed by atoms with van der Waals surface area (Å²) < 4.78 is 0. The van der Waals surface area contributed by atoms with Crippen molar-refractivity contribution < 1.29 is 0 Å². The average Bonchev–Trinajstić information content (AvgIpc) is 2.66. The first-order chi connectivity index (χ1) is 7.84. The van der Waals surface area contributed by atoms with Crippen molar-refractivity contribution in [1.29, 1.82) is 0 Å². The van der Waals surface area contributed by atoms with Gasteiger partial charge < -0.3 is 5.73 Å². The molecule has 3 heteroatoms. The van der Waals surface area contributed by atoms with Crippen molar-refractivity contribution in [2.75, 3.05) is 0 Å². The number of thiazole rings is 1. The topological polar surface area (TPSA) is 38.9 Å². The second-order valence-electron chi connectivity index (χ2n) is 6.01. The van der Waals surface area contributed by atoms with E-state index in [9.17, 15) is 0 Å². The molecule has 1 aromatic rings. The minimum absolute atomic E-state index is 0.147. The average molecular weight is 254 g/mol. The summed E-state index contributed by atoms with van der Waals surface area (Å²) in [5.41, 5.74) is 7.55. The Balaban J connectivity index is 2.60. The zero-order valence-corrected chi connectivity index (χ0v) is 12.6. The molecule has 0 aliphatic heterocycles. The van der Waals surface area contributed by atoms with Gasteiger partial charge in [-0.05, 0) is 12.3 Å². The van der Waals surface area contributed by atoms with Gasteiger partial charge in [-0.15, -0.1) is 11.3 Å². The highest BCUT2D eigenvalue weighted by molar-refractivity contribution is 7.09. The molecule has 2 N–H and O–H groups in total. The molecule has 2 nitrogen and oxygen atoms in total. The fourth-order valence-corrected chi connectivity index (χ4v) is 2.92. The number of aromatic nitrogens is 1. The lowest BCUT2D eigenvalue weighted by Crippen LogP contribution is -2.30. The molecule has 0 spiro atoms. The summed E-state index contributed by atoms with van der Waals surface area (Å²) in [6.45, 7) is 11.1. The molecular formula is C14H26N2S. The van der Waals surface area contributed by atoms with Gasteiger partial charge in [-0.1, -0.05) is 41.0 Å². The third-order valence-electron chi connectivity index (χ3n) is 3.21. The Morgan fingerprint density at radius 1 is 1.41 bits per heavy atom. The first-order valence-corrected chi connectivity index (χ1v) is 7.43. The minimum Gasteiger partial charge on any atom is -0.327 e. The molecule has 0 fully saturated rings. The van der Waals surface area contributed by atoms with Gasteiger partial charge in [0, 0.05) is 23.3 Å². The molecular weight excluding hydrogens is 228 g/mol. The Kier molecular flexibility index (Phi) is 5.14. The smallest absolute Gasteiger partial charge is 0.0944 e. The first kappa shape index (κ1) is 14.7. The van der Waals surface area contributed by atoms with Gasteiger partial charge in [-0.2, -0.15) is 0 Å². The Morgan fingerprint density at radius 2 is 2.06 bits per heavy atom. The third kappa shape index (κ3) is 4.40. The lowest BCUT2D eigenvalue weighted by atomic mass is 9.93. The maximum Gasteiger partial charge on any atom is 0.0944 e. The highest BCUT2D eigenvalue weighted by atomic mass is 32.1. The highest BCUT2D eigenvalue weighted by Crippen LogP contribution is 2.25. The molecule has 1 rings (SSSR count). The third-order valence-corrected chi connectivity index (χ3v) is 4.08. The normalized spacial score (nSPS) is 15.9. The number of rotatable bonds is 5. The van der Waals surface area contributed by atoms with Crippen LogP contribution in [0.1, 0.15) is 58.2 Å². The Labute approximate surface area is 110 Å². The van der Waals surface area contributed by atoms with Gasteiger partial charge in [0.25, 0.3) is 0 Å². The molecule has 0 amide bonds. The van der Waals surface area contributed by atoms with Crippen molar-refractivity contribution in [3.05, 3.63) is 16.1 Å². The van der Waals surface area contributed by atoms with Crippen molar-refractivity contribution in [2.24, 2.45) is 11.7 Å². The van der Waals surface area contributed by atoms with Crippen molar-refractivity contribution in [3.63, 3.8) is 0 Å². The van der Waals surface area contributed by atoms with Crippen molar-refractivity contribution in [1.82, 2.24) is 4.98 Å². The molecule has 0 aliphatic carbocycles. The summed E-state index contributed by atoms with van der Waals surface area (Å²) >= 11 is 1.75. The lowest BCUT2D eigenvalue weighted by molar-refractivity contribution is 0.419. The summed E-state index contributed by atoms with van der Waals surface area (Å²) in [6, 6.07) is 0.244. The largest absolute Gasteiger partial charge is 0.327 e. The molecule has 2 unspecified atom stereocenters. The number of hydrogen-bond acceptors (Lipinski definition) is 3. The first-order valence-electron chi connectivity index (χ1n) is 6.55. The van der Waals surface area contributed by atoms with E-state index < -0.39 is 0 Å². The van der Waals surface area contributed by atoms with Crippen LogP contribution in [-0.2, 0) is 11.8 Å². The van der Waals surface area contributed by atoms with Crippen LogP contribution < -0.4 is 5.73 Å². The monoisotopic (exact) mass is 254 g/mol.